The lowest BCUT2D eigenvalue weighted by Crippen LogP contribution is -2.58. The average Bonchev–Trinajstić information content (AvgIpc) is 3.35. The first-order valence-electron chi connectivity index (χ1n) is 11.4. The standard InChI is InChI=1S/C24H35FN4O3/c1-6-19(26-4)23(30)28-22(15(3)32-5)24(31)29-10-9-14(2)21(29)11-16-13-27-20-12-17(25)7-8-18(16)20/h7-8,12-15,19,21-22,26-27H,6,9-11H2,1-5H3,(H,28,30)/t14?,15?,19-,21-,22-/m0/s1. The molecule has 5 atom stereocenters. The Hall–Kier alpha value is -2.45. The number of nitrogens with zero attached hydrogens (tertiary/aromatic N) is 1. The van der Waals surface area contributed by atoms with E-state index in [0.717, 1.165) is 22.9 Å². The van der Waals surface area contributed by atoms with Crippen LogP contribution in [0.2, 0.25) is 0 Å². The van der Waals surface area contributed by atoms with Gasteiger partial charge in [0.25, 0.3) is 0 Å². The lowest BCUT2D eigenvalue weighted by molar-refractivity contribution is -0.141. The van der Waals surface area contributed by atoms with Crippen LogP contribution in [0.4, 0.5) is 4.39 Å². The zero-order valence-corrected chi connectivity index (χ0v) is 19.6. The minimum atomic E-state index is -0.764. The second-order valence-corrected chi connectivity index (χ2v) is 8.75. The summed E-state index contributed by atoms with van der Waals surface area (Å²) in [4.78, 5) is 31.3. The highest BCUT2D eigenvalue weighted by atomic mass is 19.1. The molecule has 3 N–H and O–H groups in total. The number of methoxy groups -OCH3 is 1. The molecule has 8 heteroatoms. The summed E-state index contributed by atoms with van der Waals surface area (Å²) in [6, 6.07) is 3.58. The van der Waals surface area contributed by atoms with Gasteiger partial charge in [-0.25, -0.2) is 4.39 Å². The van der Waals surface area contributed by atoms with E-state index in [1.165, 1.54) is 12.1 Å². The Morgan fingerprint density at radius 3 is 2.78 bits per heavy atom. The van der Waals surface area contributed by atoms with E-state index in [9.17, 15) is 14.0 Å². The molecule has 1 aromatic carbocycles. The van der Waals surface area contributed by atoms with Crippen molar-refractivity contribution in [2.45, 2.75) is 64.3 Å². The van der Waals surface area contributed by atoms with Gasteiger partial charge in [-0.3, -0.25) is 9.59 Å². The molecule has 1 saturated heterocycles. The highest BCUT2D eigenvalue weighted by molar-refractivity contribution is 5.90. The van der Waals surface area contributed by atoms with Crippen molar-refractivity contribution in [1.29, 1.82) is 0 Å². The molecule has 0 spiro atoms. The van der Waals surface area contributed by atoms with Crippen LogP contribution in [0.5, 0.6) is 0 Å². The van der Waals surface area contributed by atoms with Gasteiger partial charge in [0.1, 0.15) is 11.9 Å². The maximum Gasteiger partial charge on any atom is 0.248 e. The molecule has 3 rings (SSSR count). The van der Waals surface area contributed by atoms with E-state index in [1.54, 1.807) is 27.1 Å². The summed E-state index contributed by atoms with van der Waals surface area (Å²) >= 11 is 0. The van der Waals surface area contributed by atoms with Crippen molar-refractivity contribution in [1.82, 2.24) is 20.5 Å². The summed E-state index contributed by atoms with van der Waals surface area (Å²) < 4.78 is 19.0. The number of likely N-dealkylation sites (tertiary alicyclic amines) is 1. The molecule has 176 valence electrons. The molecule has 2 amide bonds. The SMILES string of the molecule is CC[C@H](NC)C(=O)N[C@H](C(=O)N1CCC(C)[C@@H]1Cc1c[nH]c2cc(F)ccc12)C(C)OC. The fraction of sp³-hybridized carbons (Fsp3) is 0.583. The van der Waals surface area contributed by atoms with Crippen molar-refractivity contribution in [3.63, 3.8) is 0 Å². The van der Waals surface area contributed by atoms with E-state index < -0.39 is 12.1 Å². The van der Waals surface area contributed by atoms with Crippen LogP contribution in [0.15, 0.2) is 24.4 Å². The van der Waals surface area contributed by atoms with Gasteiger partial charge in [0, 0.05) is 36.8 Å². The van der Waals surface area contributed by atoms with Gasteiger partial charge < -0.3 is 25.3 Å². The Morgan fingerprint density at radius 1 is 1.38 bits per heavy atom. The largest absolute Gasteiger partial charge is 0.379 e. The molecule has 1 aliphatic rings. The Kier molecular flexibility index (Phi) is 7.90. The van der Waals surface area contributed by atoms with Crippen molar-refractivity contribution < 1.29 is 18.7 Å². The average molecular weight is 447 g/mol. The lowest BCUT2D eigenvalue weighted by Gasteiger charge is -2.33. The van der Waals surface area contributed by atoms with Gasteiger partial charge in [-0.2, -0.15) is 0 Å². The molecule has 0 bridgehead atoms. The summed E-state index contributed by atoms with van der Waals surface area (Å²) in [7, 11) is 3.28. The lowest BCUT2D eigenvalue weighted by atomic mass is 9.95. The van der Waals surface area contributed by atoms with Gasteiger partial charge in [0.05, 0.1) is 12.1 Å². The van der Waals surface area contributed by atoms with Crippen LogP contribution in [-0.2, 0) is 20.7 Å². The number of fused-ring (bicyclic) bond motifs is 1. The summed E-state index contributed by atoms with van der Waals surface area (Å²) in [5.74, 6) is -0.311. The summed E-state index contributed by atoms with van der Waals surface area (Å²) in [6.45, 7) is 6.50. The minimum absolute atomic E-state index is 0.0127. The summed E-state index contributed by atoms with van der Waals surface area (Å²) in [5, 5.41) is 6.86. The topological polar surface area (TPSA) is 86.5 Å². The van der Waals surface area contributed by atoms with Crippen LogP contribution in [0.25, 0.3) is 10.9 Å². The number of ether oxygens (including phenoxy) is 1. The van der Waals surface area contributed by atoms with Gasteiger partial charge >= 0.3 is 0 Å². The van der Waals surface area contributed by atoms with E-state index in [-0.39, 0.29) is 29.7 Å². The Labute approximate surface area is 189 Å². The normalized spacial score (nSPS) is 21.5. The number of likely N-dealkylation sites (N-methyl/N-ethyl adjacent to an activating group) is 1. The van der Waals surface area contributed by atoms with E-state index in [2.05, 4.69) is 22.5 Å². The second kappa shape index (κ2) is 10.4. The first-order valence-corrected chi connectivity index (χ1v) is 11.4. The monoisotopic (exact) mass is 446 g/mol. The summed E-state index contributed by atoms with van der Waals surface area (Å²) in [6.07, 6.45) is 3.61. The Balaban J connectivity index is 1.82. The van der Waals surface area contributed by atoms with Crippen molar-refractivity contribution in [3.8, 4) is 0 Å². The van der Waals surface area contributed by atoms with Crippen LogP contribution in [-0.4, -0.2) is 66.6 Å². The molecule has 0 radical (unpaired) electrons. The number of benzene rings is 1. The maximum absolute atomic E-state index is 13.6. The number of halogens is 1. The molecular formula is C24H35FN4O3. The first-order chi connectivity index (χ1) is 15.3. The highest BCUT2D eigenvalue weighted by Gasteiger charge is 2.40. The van der Waals surface area contributed by atoms with E-state index in [1.807, 2.05) is 18.0 Å². The van der Waals surface area contributed by atoms with Gasteiger partial charge in [-0.15, -0.1) is 0 Å². The molecular weight excluding hydrogens is 411 g/mol. The van der Waals surface area contributed by atoms with Gasteiger partial charge in [0.2, 0.25) is 11.8 Å². The van der Waals surface area contributed by atoms with Crippen LogP contribution in [0.1, 0.15) is 39.2 Å². The number of aromatic amines is 1. The van der Waals surface area contributed by atoms with Crippen molar-refractivity contribution in [2.24, 2.45) is 5.92 Å². The zero-order chi connectivity index (χ0) is 23.4. The number of nitrogens with one attached hydrogen (secondary N) is 3. The molecule has 0 aliphatic carbocycles. The Morgan fingerprint density at radius 2 is 2.12 bits per heavy atom. The molecule has 2 aromatic rings. The van der Waals surface area contributed by atoms with Crippen molar-refractivity contribution in [3.05, 3.63) is 35.8 Å². The van der Waals surface area contributed by atoms with Gasteiger partial charge in [0.15, 0.2) is 0 Å². The molecule has 2 unspecified atom stereocenters. The number of H-pyrrole nitrogens is 1. The Bertz CT molecular complexity index is 942. The number of rotatable bonds is 9. The summed E-state index contributed by atoms with van der Waals surface area (Å²) in [5.41, 5.74) is 1.80. The molecule has 1 fully saturated rings. The van der Waals surface area contributed by atoms with Crippen molar-refractivity contribution in [2.75, 3.05) is 20.7 Å². The van der Waals surface area contributed by atoms with Crippen LogP contribution in [0.3, 0.4) is 0 Å². The van der Waals surface area contributed by atoms with Gasteiger partial charge in [-0.05, 0) is 62.9 Å². The maximum atomic E-state index is 13.6. The molecule has 7 nitrogen and oxygen atoms in total. The number of carbonyl (C=O) groups is 2. The van der Waals surface area contributed by atoms with Crippen molar-refractivity contribution >= 4 is 22.7 Å². The fourth-order valence-electron chi connectivity index (χ4n) is 4.61. The molecule has 1 aliphatic heterocycles. The molecule has 0 saturated carbocycles. The van der Waals surface area contributed by atoms with Crippen LogP contribution >= 0.6 is 0 Å². The molecule has 1 aromatic heterocycles. The molecule has 32 heavy (non-hydrogen) atoms. The number of hydrogen-bond acceptors (Lipinski definition) is 4. The predicted molar refractivity (Wildman–Crippen MR) is 123 cm³/mol. The number of amides is 2. The smallest absolute Gasteiger partial charge is 0.248 e. The van der Waals surface area contributed by atoms with E-state index in [4.69, 9.17) is 4.74 Å². The quantitative estimate of drug-likeness (QED) is 0.553. The second-order valence-electron chi connectivity index (χ2n) is 8.75. The van der Waals surface area contributed by atoms with E-state index >= 15 is 0 Å². The number of carbonyl (C=O) groups excluding carboxylic acids is 2. The minimum Gasteiger partial charge on any atom is -0.379 e. The van der Waals surface area contributed by atoms with Gasteiger partial charge in [-0.1, -0.05) is 13.8 Å². The number of aromatic nitrogens is 1. The zero-order valence-electron chi connectivity index (χ0n) is 19.6. The fourth-order valence-corrected chi connectivity index (χ4v) is 4.61. The third kappa shape index (κ3) is 4.96. The van der Waals surface area contributed by atoms with Crippen LogP contribution < -0.4 is 10.6 Å². The highest BCUT2D eigenvalue weighted by Crippen LogP contribution is 2.30. The third-order valence-corrected chi connectivity index (χ3v) is 6.80. The third-order valence-electron chi connectivity index (χ3n) is 6.80. The predicted octanol–water partition coefficient (Wildman–Crippen LogP) is 2.60. The van der Waals surface area contributed by atoms with Crippen LogP contribution in [0, 0.1) is 11.7 Å². The first kappa shape index (κ1) is 24.2. The van der Waals surface area contributed by atoms with E-state index in [0.29, 0.717) is 25.3 Å². The number of hydrogen-bond donors (Lipinski definition) is 3. The molecule has 2 heterocycles.